The van der Waals surface area contributed by atoms with Gasteiger partial charge in [-0.3, -0.25) is 4.79 Å². The average molecular weight is 347 g/mol. The van der Waals surface area contributed by atoms with Gasteiger partial charge in [0.2, 0.25) is 5.88 Å². The molecule has 1 aliphatic heterocycles. The first-order valence-corrected chi connectivity index (χ1v) is 7.99. The van der Waals surface area contributed by atoms with Crippen LogP contribution >= 0.6 is 0 Å². The van der Waals surface area contributed by atoms with Gasteiger partial charge in [0.15, 0.2) is 0 Å². The van der Waals surface area contributed by atoms with Crippen molar-refractivity contribution in [2.24, 2.45) is 0 Å². The van der Waals surface area contributed by atoms with Gasteiger partial charge in [0.05, 0.1) is 18.7 Å². The number of para-hydroxylation sites is 1. The average Bonchev–Trinajstić information content (AvgIpc) is 2.63. The van der Waals surface area contributed by atoms with Crippen LogP contribution in [-0.4, -0.2) is 35.0 Å². The summed E-state index contributed by atoms with van der Waals surface area (Å²) in [6.45, 7) is 0.708. The van der Waals surface area contributed by atoms with Crippen molar-refractivity contribution in [1.29, 1.82) is 5.26 Å². The smallest absolute Gasteiger partial charge is 0.349 e. The largest absolute Gasteiger partial charge is 0.471 e. The lowest BCUT2D eigenvalue weighted by Gasteiger charge is -2.38. The fourth-order valence-electron chi connectivity index (χ4n) is 2.75. The molecule has 4 rings (SSSR count). The van der Waals surface area contributed by atoms with Crippen LogP contribution in [0, 0.1) is 11.3 Å². The molecule has 0 radical (unpaired) electrons. The Bertz CT molecular complexity index is 1080. The molecule has 1 aliphatic rings. The number of nitriles is 1. The summed E-state index contributed by atoms with van der Waals surface area (Å²) < 4.78 is 10.9. The number of ether oxygens (including phenoxy) is 1. The third-order valence-electron chi connectivity index (χ3n) is 4.16. The van der Waals surface area contributed by atoms with Gasteiger partial charge in [0.1, 0.15) is 23.3 Å². The van der Waals surface area contributed by atoms with Crippen molar-refractivity contribution < 1.29 is 13.9 Å². The lowest BCUT2D eigenvalue weighted by Crippen LogP contribution is -2.56. The number of likely N-dealkylation sites (tertiary alicyclic amines) is 1. The van der Waals surface area contributed by atoms with Gasteiger partial charge in [-0.2, -0.15) is 5.26 Å². The number of hydrogen-bond donors (Lipinski definition) is 0. The Hall–Kier alpha value is -3.66. The Labute approximate surface area is 148 Å². The monoisotopic (exact) mass is 347 g/mol. The van der Waals surface area contributed by atoms with Gasteiger partial charge in [0.25, 0.3) is 5.91 Å². The predicted octanol–water partition coefficient (Wildman–Crippen LogP) is 1.96. The van der Waals surface area contributed by atoms with Crippen molar-refractivity contribution in [3.63, 3.8) is 0 Å². The highest BCUT2D eigenvalue weighted by Gasteiger charge is 2.34. The first-order valence-electron chi connectivity index (χ1n) is 7.99. The molecule has 0 unspecified atom stereocenters. The molecule has 1 fully saturated rings. The molecule has 0 aliphatic carbocycles. The van der Waals surface area contributed by atoms with E-state index in [9.17, 15) is 9.59 Å². The summed E-state index contributed by atoms with van der Waals surface area (Å²) in [5.41, 5.74) is 0.266. The molecule has 0 bridgehead atoms. The maximum absolute atomic E-state index is 12.5. The molecule has 1 aromatic carbocycles. The zero-order valence-electron chi connectivity index (χ0n) is 13.6. The van der Waals surface area contributed by atoms with E-state index in [0.717, 1.165) is 0 Å². The van der Waals surface area contributed by atoms with Crippen LogP contribution in [0.3, 0.4) is 0 Å². The van der Waals surface area contributed by atoms with E-state index in [1.807, 2.05) is 12.1 Å². The number of carbonyl (C=O) groups is 1. The number of benzene rings is 1. The topological polar surface area (TPSA) is 96.4 Å². The van der Waals surface area contributed by atoms with Crippen molar-refractivity contribution >= 4 is 16.9 Å². The van der Waals surface area contributed by atoms with Crippen LogP contribution in [0.15, 0.2) is 57.9 Å². The molecule has 128 valence electrons. The van der Waals surface area contributed by atoms with Gasteiger partial charge < -0.3 is 14.1 Å². The molecule has 0 spiro atoms. The number of amides is 1. The van der Waals surface area contributed by atoms with Crippen LogP contribution in [-0.2, 0) is 0 Å². The number of hydrogen-bond acceptors (Lipinski definition) is 6. The number of rotatable bonds is 3. The Morgan fingerprint density at radius 3 is 2.81 bits per heavy atom. The summed E-state index contributed by atoms with van der Waals surface area (Å²) in [6, 6.07) is 13.8. The molecule has 3 heterocycles. The Balaban J connectivity index is 1.44. The van der Waals surface area contributed by atoms with Crippen LogP contribution in [0.1, 0.15) is 15.9 Å². The van der Waals surface area contributed by atoms with E-state index in [4.69, 9.17) is 14.4 Å². The highest BCUT2D eigenvalue weighted by Crippen LogP contribution is 2.19. The predicted molar refractivity (Wildman–Crippen MR) is 91.8 cm³/mol. The van der Waals surface area contributed by atoms with Gasteiger partial charge >= 0.3 is 5.63 Å². The first kappa shape index (κ1) is 15.8. The van der Waals surface area contributed by atoms with Crippen LogP contribution in [0.25, 0.3) is 11.0 Å². The summed E-state index contributed by atoms with van der Waals surface area (Å²) in [4.78, 5) is 30.2. The van der Waals surface area contributed by atoms with Crippen molar-refractivity contribution in [2.45, 2.75) is 6.10 Å². The van der Waals surface area contributed by atoms with Crippen LogP contribution < -0.4 is 10.4 Å². The SMILES string of the molecule is N#Cc1ccc(OC2CN(C(=O)c3cc4ccccc4oc3=O)C2)nc1. The zero-order chi connectivity index (χ0) is 18.1. The van der Waals surface area contributed by atoms with Crippen molar-refractivity contribution in [3.8, 4) is 11.9 Å². The molecule has 1 amide bonds. The minimum Gasteiger partial charge on any atom is -0.471 e. The molecular weight excluding hydrogens is 334 g/mol. The highest BCUT2D eigenvalue weighted by atomic mass is 16.5. The summed E-state index contributed by atoms with van der Waals surface area (Å²) in [7, 11) is 0. The van der Waals surface area contributed by atoms with E-state index in [2.05, 4.69) is 4.98 Å². The van der Waals surface area contributed by atoms with E-state index in [1.165, 1.54) is 11.1 Å². The molecule has 0 atom stereocenters. The maximum Gasteiger partial charge on any atom is 0.349 e. The van der Waals surface area contributed by atoms with Crippen molar-refractivity contribution in [1.82, 2.24) is 9.88 Å². The number of aromatic nitrogens is 1. The van der Waals surface area contributed by atoms with E-state index in [-0.39, 0.29) is 17.6 Å². The molecule has 7 heteroatoms. The van der Waals surface area contributed by atoms with E-state index in [0.29, 0.717) is 35.5 Å². The number of pyridine rings is 1. The highest BCUT2D eigenvalue weighted by molar-refractivity contribution is 5.97. The summed E-state index contributed by atoms with van der Waals surface area (Å²) >= 11 is 0. The van der Waals surface area contributed by atoms with Gasteiger partial charge in [-0.15, -0.1) is 0 Å². The third kappa shape index (κ3) is 2.89. The maximum atomic E-state index is 12.5. The van der Waals surface area contributed by atoms with Crippen LogP contribution in [0.5, 0.6) is 5.88 Å². The quantitative estimate of drug-likeness (QED) is 0.672. The lowest BCUT2D eigenvalue weighted by atomic mass is 10.1. The van der Waals surface area contributed by atoms with E-state index >= 15 is 0 Å². The fraction of sp³-hybridized carbons (Fsp3) is 0.158. The molecule has 0 saturated carbocycles. The second-order valence-corrected chi connectivity index (χ2v) is 5.93. The minimum absolute atomic E-state index is 0.0126. The standard InChI is InChI=1S/C19H13N3O4/c20-8-12-5-6-17(21-9-12)25-14-10-22(11-14)18(23)15-7-13-3-1-2-4-16(13)26-19(15)24/h1-7,9,14H,10-11H2. The third-order valence-corrected chi connectivity index (χ3v) is 4.16. The first-order chi connectivity index (χ1) is 12.6. The number of carbonyl (C=O) groups excluding carboxylic acids is 1. The number of nitrogens with zero attached hydrogens (tertiary/aromatic N) is 3. The normalized spacial score (nSPS) is 13.9. The molecule has 7 nitrogen and oxygen atoms in total. The molecule has 0 N–H and O–H groups in total. The van der Waals surface area contributed by atoms with Crippen LogP contribution in [0.4, 0.5) is 0 Å². The number of fused-ring (bicyclic) bond motifs is 1. The van der Waals surface area contributed by atoms with Gasteiger partial charge in [-0.25, -0.2) is 9.78 Å². The van der Waals surface area contributed by atoms with Crippen LogP contribution in [0.2, 0.25) is 0 Å². The van der Waals surface area contributed by atoms with E-state index < -0.39 is 5.63 Å². The minimum atomic E-state index is -0.646. The van der Waals surface area contributed by atoms with Gasteiger partial charge in [0, 0.05) is 17.6 Å². The summed E-state index contributed by atoms with van der Waals surface area (Å²) in [5, 5.41) is 9.45. The second-order valence-electron chi connectivity index (χ2n) is 5.93. The van der Waals surface area contributed by atoms with Gasteiger partial charge in [-0.1, -0.05) is 18.2 Å². The Morgan fingerprint density at radius 2 is 2.08 bits per heavy atom. The van der Waals surface area contributed by atoms with Crippen molar-refractivity contribution in [3.05, 3.63) is 70.2 Å². The van der Waals surface area contributed by atoms with Crippen molar-refractivity contribution in [2.75, 3.05) is 13.1 Å². The summed E-state index contributed by atoms with van der Waals surface area (Å²) in [6.07, 6.45) is 1.23. The Morgan fingerprint density at radius 1 is 1.27 bits per heavy atom. The zero-order valence-corrected chi connectivity index (χ0v) is 13.6. The lowest BCUT2D eigenvalue weighted by molar-refractivity contribution is 0.0157. The van der Waals surface area contributed by atoms with E-state index in [1.54, 1.807) is 36.4 Å². The fourth-order valence-corrected chi connectivity index (χ4v) is 2.75. The molecular formula is C19H13N3O4. The Kier molecular flexibility index (Phi) is 3.86. The molecule has 3 aromatic rings. The molecule has 1 saturated heterocycles. The molecule has 2 aromatic heterocycles. The molecule has 26 heavy (non-hydrogen) atoms. The summed E-state index contributed by atoms with van der Waals surface area (Å²) in [5.74, 6) is 0.0171. The van der Waals surface area contributed by atoms with Gasteiger partial charge in [-0.05, 0) is 18.2 Å². The second kappa shape index (κ2) is 6.33.